The van der Waals surface area contributed by atoms with Crippen LogP contribution in [0.15, 0.2) is 18.2 Å². The second-order valence-electron chi connectivity index (χ2n) is 5.36. The summed E-state index contributed by atoms with van der Waals surface area (Å²) in [6.07, 6.45) is -0.108. The van der Waals surface area contributed by atoms with E-state index >= 15 is 0 Å². The average Bonchev–Trinajstić information content (AvgIpc) is 2.96. The fraction of sp³-hybridized carbons (Fsp3) is 0.467. The van der Waals surface area contributed by atoms with Crippen LogP contribution in [0.1, 0.15) is 34.6 Å². The molecule has 22 heavy (non-hydrogen) atoms. The monoisotopic (exact) mass is 341 g/mol. The van der Waals surface area contributed by atoms with Crippen LogP contribution in [-0.4, -0.2) is 34.8 Å². The van der Waals surface area contributed by atoms with Crippen molar-refractivity contribution < 1.29 is 9.13 Å². The van der Waals surface area contributed by atoms with E-state index in [-0.39, 0.29) is 17.2 Å². The summed E-state index contributed by atoms with van der Waals surface area (Å²) in [4.78, 5) is 2.31. The zero-order valence-corrected chi connectivity index (χ0v) is 14.0. The van der Waals surface area contributed by atoms with Crippen LogP contribution < -0.4 is 0 Å². The van der Waals surface area contributed by atoms with E-state index < -0.39 is 5.82 Å². The minimum absolute atomic E-state index is 0.108. The molecule has 2 heterocycles. The van der Waals surface area contributed by atoms with Crippen LogP contribution in [0.4, 0.5) is 4.39 Å². The Labute approximate surface area is 137 Å². The summed E-state index contributed by atoms with van der Waals surface area (Å²) in [5.74, 6) is -0.407. The molecule has 1 saturated heterocycles. The highest BCUT2D eigenvalue weighted by molar-refractivity contribution is 7.11. The van der Waals surface area contributed by atoms with E-state index in [1.165, 1.54) is 6.07 Å². The Morgan fingerprint density at radius 1 is 1.45 bits per heavy atom. The van der Waals surface area contributed by atoms with E-state index in [9.17, 15) is 4.39 Å². The molecule has 0 aliphatic carbocycles. The van der Waals surface area contributed by atoms with Crippen molar-refractivity contribution >= 4 is 22.9 Å². The van der Waals surface area contributed by atoms with Crippen molar-refractivity contribution in [2.75, 3.05) is 19.7 Å². The van der Waals surface area contributed by atoms with Gasteiger partial charge in [-0.3, -0.25) is 4.90 Å². The van der Waals surface area contributed by atoms with Gasteiger partial charge >= 0.3 is 0 Å². The Bertz CT molecular complexity index is 666. The van der Waals surface area contributed by atoms with E-state index in [4.69, 9.17) is 16.3 Å². The molecule has 4 nitrogen and oxygen atoms in total. The molecule has 7 heteroatoms. The van der Waals surface area contributed by atoms with Gasteiger partial charge in [-0.15, -0.1) is 21.5 Å². The predicted molar refractivity (Wildman–Crippen MR) is 84.7 cm³/mol. The van der Waals surface area contributed by atoms with Gasteiger partial charge in [0.05, 0.1) is 23.8 Å². The first-order valence-corrected chi connectivity index (χ1v) is 8.34. The van der Waals surface area contributed by atoms with Crippen molar-refractivity contribution in [1.82, 2.24) is 15.1 Å². The standard InChI is InChI=1S/C15H17ClFN3OS/c1-9(15-19-18-10(2)22-15)20-5-6-21-14(8-20)11-3-4-13(17)12(16)7-11/h3-4,7,9,14H,5-6,8H2,1-2H3. The molecule has 3 rings (SSSR count). The summed E-state index contributed by atoms with van der Waals surface area (Å²) in [6, 6.07) is 4.95. The maximum Gasteiger partial charge on any atom is 0.141 e. The van der Waals surface area contributed by atoms with Gasteiger partial charge in [0, 0.05) is 13.1 Å². The highest BCUT2D eigenvalue weighted by Gasteiger charge is 2.28. The van der Waals surface area contributed by atoms with E-state index in [1.54, 1.807) is 23.5 Å². The zero-order chi connectivity index (χ0) is 15.7. The predicted octanol–water partition coefficient (Wildman–Crippen LogP) is 3.77. The van der Waals surface area contributed by atoms with Gasteiger partial charge in [0.1, 0.15) is 15.8 Å². The number of hydrogen-bond donors (Lipinski definition) is 0. The lowest BCUT2D eigenvalue weighted by Gasteiger charge is -2.36. The van der Waals surface area contributed by atoms with Crippen molar-refractivity contribution in [3.05, 3.63) is 44.6 Å². The fourth-order valence-corrected chi connectivity index (χ4v) is 3.55. The van der Waals surface area contributed by atoms with Crippen molar-refractivity contribution in [3.63, 3.8) is 0 Å². The van der Waals surface area contributed by atoms with Crippen LogP contribution in [-0.2, 0) is 4.74 Å². The van der Waals surface area contributed by atoms with Crippen molar-refractivity contribution in [1.29, 1.82) is 0 Å². The Balaban J connectivity index is 1.74. The summed E-state index contributed by atoms with van der Waals surface area (Å²) < 4.78 is 19.1. The Kier molecular flexibility index (Phi) is 4.73. The molecule has 1 fully saturated rings. The van der Waals surface area contributed by atoms with Crippen LogP contribution in [0.5, 0.6) is 0 Å². The first-order chi connectivity index (χ1) is 10.5. The minimum Gasteiger partial charge on any atom is -0.371 e. The van der Waals surface area contributed by atoms with Gasteiger partial charge in [-0.2, -0.15) is 0 Å². The second kappa shape index (κ2) is 6.58. The van der Waals surface area contributed by atoms with Gasteiger partial charge in [-0.05, 0) is 31.5 Å². The Hall–Kier alpha value is -1.08. The van der Waals surface area contributed by atoms with Gasteiger partial charge in [-0.1, -0.05) is 17.7 Å². The Morgan fingerprint density at radius 3 is 2.95 bits per heavy atom. The molecular weight excluding hydrogens is 325 g/mol. The van der Waals surface area contributed by atoms with E-state index in [0.29, 0.717) is 6.61 Å². The highest BCUT2D eigenvalue weighted by atomic mass is 35.5. The van der Waals surface area contributed by atoms with Crippen LogP contribution in [0.3, 0.4) is 0 Å². The number of benzene rings is 1. The summed E-state index contributed by atoms with van der Waals surface area (Å²) in [5, 5.41) is 10.4. The summed E-state index contributed by atoms with van der Waals surface area (Å²) in [6.45, 7) is 6.27. The van der Waals surface area contributed by atoms with Gasteiger partial charge in [-0.25, -0.2) is 4.39 Å². The lowest BCUT2D eigenvalue weighted by atomic mass is 10.1. The molecule has 118 valence electrons. The molecule has 0 saturated carbocycles. The molecule has 1 aliphatic rings. The number of halogens is 2. The third-order valence-electron chi connectivity index (χ3n) is 3.86. The minimum atomic E-state index is -0.407. The summed E-state index contributed by atoms with van der Waals surface area (Å²) in [5.41, 5.74) is 0.900. The lowest BCUT2D eigenvalue weighted by Crippen LogP contribution is -2.39. The van der Waals surface area contributed by atoms with E-state index in [2.05, 4.69) is 22.0 Å². The molecule has 1 aromatic carbocycles. The third-order valence-corrected chi connectivity index (χ3v) is 5.16. The number of aromatic nitrogens is 2. The largest absolute Gasteiger partial charge is 0.371 e. The van der Waals surface area contributed by atoms with Crippen molar-refractivity contribution in [2.45, 2.75) is 26.0 Å². The maximum absolute atomic E-state index is 13.3. The molecule has 0 N–H and O–H groups in total. The molecule has 0 radical (unpaired) electrons. The topological polar surface area (TPSA) is 38.2 Å². The second-order valence-corrected chi connectivity index (χ2v) is 6.98. The van der Waals surface area contributed by atoms with Crippen LogP contribution in [0.2, 0.25) is 5.02 Å². The Morgan fingerprint density at radius 2 is 2.27 bits per heavy atom. The van der Waals surface area contributed by atoms with E-state index in [1.807, 2.05) is 6.92 Å². The van der Waals surface area contributed by atoms with Crippen LogP contribution in [0.25, 0.3) is 0 Å². The molecular formula is C15H17ClFN3OS. The number of nitrogens with zero attached hydrogens (tertiary/aromatic N) is 3. The first-order valence-electron chi connectivity index (χ1n) is 7.15. The summed E-state index contributed by atoms with van der Waals surface area (Å²) in [7, 11) is 0. The fourth-order valence-electron chi connectivity index (χ4n) is 2.57. The van der Waals surface area contributed by atoms with Crippen LogP contribution >= 0.6 is 22.9 Å². The molecule has 0 amide bonds. The van der Waals surface area contributed by atoms with Crippen molar-refractivity contribution in [2.24, 2.45) is 0 Å². The molecule has 1 aromatic heterocycles. The third kappa shape index (κ3) is 3.30. The summed E-state index contributed by atoms with van der Waals surface area (Å²) >= 11 is 7.49. The van der Waals surface area contributed by atoms with Crippen molar-refractivity contribution in [3.8, 4) is 0 Å². The number of ether oxygens (including phenoxy) is 1. The molecule has 0 bridgehead atoms. The van der Waals surface area contributed by atoms with Gasteiger partial charge in [0.15, 0.2) is 0 Å². The molecule has 2 aromatic rings. The van der Waals surface area contributed by atoms with E-state index in [0.717, 1.165) is 28.7 Å². The molecule has 0 spiro atoms. The first kappa shape index (κ1) is 15.8. The number of aryl methyl sites for hydroxylation is 1. The number of morpholine rings is 1. The molecule has 2 atom stereocenters. The highest BCUT2D eigenvalue weighted by Crippen LogP contribution is 2.31. The quantitative estimate of drug-likeness (QED) is 0.851. The SMILES string of the molecule is Cc1nnc(C(C)N2CCOC(c3ccc(F)c(Cl)c3)C2)s1. The normalized spacial score (nSPS) is 21.0. The maximum atomic E-state index is 13.3. The van der Waals surface area contributed by atoms with Gasteiger partial charge < -0.3 is 4.74 Å². The smallest absolute Gasteiger partial charge is 0.141 e. The number of rotatable bonds is 3. The van der Waals surface area contributed by atoms with Crippen LogP contribution in [0, 0.1) is 12.7 Å². The molecule has 2 unspecified atom stereocenters. The zero-order valence-electron chi connectivity index (χ0n) is 12.4. The van der Waals surface area contributed by atoms with Gasteiger partial charge in [0.25, 0.3) is 0 Å². The molecule has 1 aliphatic heterocycles. The number of hydrogen-bond acceptors (Lipinski definition) is 5. The average molecular weight is 342 g/mol. The van der Waals surface area contributed by atoms with Gasteiger partial charge in [0.2, 0.25) is 0 Å². The lowest BCUT2D eigenvalue weighted by molar-refractivity contribution is -0.0432.